The van der Waals surface area contributed by atoms with Gasteiger partial charge in [0.1, 0.15) is 5.82 Å². The minimum absolute atomic E-state index is 0.194. The van der Waals surface area contributed by atoms with Gasteiger partial charge in [-0.2, -0.15) is 0 Å². The highest BCUT2D eigenvalue weighted by molar-refractivity contribution is 9.10. The maximum atomic E-state index is 5.89. The quantitative estimate of drug-likeness (QED) is 0.917. The molecule has 1 fully saturated rings. The van der Waals surface area contributed by atoms with Crippen molar-refractivity contribution < 1.29 is 4.74 Å². The lowest BCUT2D eigenvalue weighted by atomic mass is 9.95. The lowest BCUT2D eigenvalue weighted by Crippen LogP contribution is -2.18. The minimum Gasteiger partial charge on any atom is -0.373 e. The Morgan fingerprint density at radius 3 is 2.80 bits per heavy atom. The molecule has 0 radical (unpaired) electrons. The molecule has 0 amide bonds. The molecule has 3 nitrogen and oxygen atoms in total. The number of rotatable bonds is 4. The molecule has 2 aromatic rings. The van der Waals surface area contributed by atoms with Crippen molar-refractivity contribution in [3.63, 3.8) is 0 Å². The van der Waals surface area contributed by atoms with Crippen LogP contribution in [0.3, 0.4) is 0 Å². The summed E-state index contributed by atoms with van der Waals surface area (Å²) in [4.78, 5) is 4.34. The first-order chi connectivity index (χ1) is 9.83. The van der Waals surface area contributed by atoms with Crippen molar-refractivity contribution in [2.24, 2.45) is 5.92 Å². The van der Waals surface area contributed by atoms with E-state index in [-0.39, 0.29) is 6.10 Å². The van der Waals surface area contributed by atoms with Crippen LogP contribution in [0.5, 0.6) is 0 Å². The molecule has 104 valence electrons. The second kappa shape index (κ2) is 6.37. The number of halogens is 1. The summed E-state index contributed by atoms with van der Waals surface area (Å²) in [5.74, 6) is 1.40. The molecule has 1 aromatic heterocycles. The Labute approximate surface area is 127 Å². The molecule has 4 heteroatoms. The normalized spacial score (nSPS) is 21.9. The first-order valence-electron chi connectivity index (χ1n) is 6.85. The summed E-state index contributed by atoms with van der Waals surface area (Å²) < 4.78 is 6.89. The topological polar surface area (TPSA) is 34.1 Å². The Hall–Kier alpha value is -1.39. The van der Waals surface area contributed by atoms with Gasteiger partial charge in [-0.1, -0.05) is 30.3 Å². The molecule has 0 bridgehead atoms. The van der Waals surface area contributed by atoms with Crippen LogP contribution in [-0.2, 0) is 4.74 Å². The van der Waals surface area contributed by atoms with Gasteiger partial charge in [0.05, 0.1) is 6.10 Å². The van der Waals surface area contributed by atoms with Crippen LogP contribution in [0.1, 0.15) is 18.1 Å². The molecule has 1 N–H and O–H groups in total. The molecule has 0 aliphatic carbocycles. The van der Waals surface area contributed by atoms with E-state index in [0.29, 0.717) is 5.92 Å². The molecule has 0 saturated carbocycles. The summed E-state index contributed by atoms with van der Waals surface area (Å²) in [5.41, 5.74) is 1.26. The third-order valence-electron chi connectivity index (χ3n) is 3.62. The molecule has 1 aliphatic heterocycles. The van der Waals surface area contributed by atoms with E-state index in [1.165, 1.54) is 5.56 Å². The number of anilines is 1. The number of hydrogen-bond acceptors (Lipinski definition) is 3. The number of aromatic nitrogens is 1. The van der Waals surface area contributed by atoms with Crippen molar-refractivity contribution in [1.82, 2.24) is 4.98 Å². The minimum atomic E-state index is 0.194. The molecular formula is C16H17BrN2O. The van der Waals surface area contributed by atoms with Gasteiger partial charge in [-0.15, -0.1) is 0 Å². The number of pyridine rings is 1. The average Bonchev–Trinajstić information content (AvgIpc) is 2.96. The van der Waals surface area contributed by atoms with Crippen molar-refractivity contribution in [2.75, 3.05) is 18.5 Å². The van der Waals surface area contributed by atoms with Crippen LogP contribution in [0.25, 0.3) is 0 Å². The maximum Gasteiger partial charge on any atom is 0.125 e. The van der Waals surface area contributed by atoms with E-state index in [4.69, 9.17) is 4.74 Å². The molecule has 1 aromatic carbocycles. The average molecular weight is 333 g/mol. The van der Waals surface area contributed by atoms with Crippen LogP contribution in [0.4, 0.5) is 5.82 Å². The second-order valence-corrected chi connectivity index (χ2v) is 5.91. The zero-order valence-electron chi connectivity index (χ0n) is 11.1. The molecule has 1 aliphatic rings. The first kappa shape index (κ1) is 13.6. The molecular weight excluding hydrogens is 316 g/mol. The third-order valence-corrected chi connectivity index (χ3v) is 4.08. The SMILES string of the molecule is Brc1ccc(NCC2CCOC2c2ccccc2)nc1. The van der Waals surface area contributed by atoms with Gasteiger partial charge >= 0.3 is 0 Å². The van der Waals surface area contributed by atoms with Crippen LogP contribution >= 0.6 is 15.9 Å². The van der Waals surface area contributed by atoms with E-state index < -0.39 is 0 Å². The van der Waals surface area contributed by atoms with Crippen LogP contribution in [-0.4, -0.2) is 18.1 Å². The Morgan fingerprint density at radius 1 is 1.20 bits per heavy atom. The van der Waals surface area contributed by atoms with Crippen molar-refractivity contribution >= 4 is 21.7 Å². The van der Waals surface area contributed by atoms with Gasteiger partial charge in [0, 0.05) is 29.7 Å². The Morgan fingerprint density at radius 2 is 2.05 bits per heavy atom. The lowest BCUT2D eigenvalue weighted by Gasteiger charge is -2.19. The lowest BCUT2D eigenvalue weighted by molar-refractivity contribution is 0.0933. The van der Waals surface area contributed by atoms with E-state index in [9.17, 15) is 0 Å². The Kier molecular flexibility index (Phi) is 4.33. The van der Waals surface area contributed by atoms with Crippen molar-refractivity contribution in [3.8, 4) is 0 Å². The van der Waals surface area contributed by atoms with Crippen LogP contribution in [0, 0.1) is 5.92 Å². The van der Waals surface area contributed by atoms with Gasteiger partial charge < -0.3 is 10.1 Å². The third kappa shape index (κ3) is 3.19. The van der Waals surface area contributed by atoms with Gasteiger partial charge in [0.15, 0.2) is 0 Å². The fourth-order valence-corrected chi connectivity index (χ4v) is 2.80. The van der Waals surface area contributed by atoms with Crippen molar-refractivity contribution in [3.05, 3.63) is 58.7 Å². The van der Waals surface area contributed by atoms with Gasteiger partial charge in [-0.05, 0) is 40.0 Å². The number of ether oxygens (including phenoxy) is 1. The Bertz CT molecular complexity index is 544. The maximum absolute atomic E-state index is 5.89. The van der Waals surface area contributed by atoms with E-state index in [0.717, 1.165) is 29.9 Å². The second-order valence-electron chi connectivity index (χ2n) is 4.99. The molecule has 2 atom stereocenters. The van der Waals surface area contributed by atoms with Gasteiger partial charge in [-0.3, -0.25) is 0 Å². The van der Waals surface area contributed by atoms with Gasteiger partial charge in [0.2, 0.25) is 0 Å². The fraction of sp³-hybridized carbons (Fsp3) is 0.312. The van der Waals surface area contributed by atoms with Crippen molar-refractivity contribution in [1.29, 1.82) is 0 Å². The zero-order chi connectivity index (χ0) is 13.8. The highest BCUT2D eigenvalue weighted by Gasteiger charge is 2.29. The summed E-state index contributed by atoms with van der Waals surface area (Å²) in [6.07, 6.45) is 3.09. The smallest absolute Gasteiger partial charge is 0.125 e. The highest BCUT2D eigenvalue weighted by Crippen LogP contribution is 2.34. The summed E-state index contributed by atoms with van der Waals surface area (Å²) >= 11 is 3.39. The van der Waals surface area contributed by atoms with Crippen LogP contribution in [0.2, 0.25) is 0 Å². The molecule has 2 heterocycles. The van der Waals surface area contributed by atoms with Crippen molar-refractivity contribution in [2.45, 2.75) is 12.5 Å². The summed E-state index contributed by atoms with van der Waals surface area (Å²) in [5, 5.41) is 3.40. The number of hydrogen-bond donors (Lipinski definition) is 1. The fourth-order valence-electron chi connectivity index (χ4n) is 2.57. The van der Waals surface area contributed by atoms with Gasteiger partial charge in [0.25, 0.3) is 0 Å². The van der Waals surface area contributed by atoms with E-state index in [1.807, 2.05) is 24.4 Å². The highest BCUT2D eigenvalue weighted by atomic mass is 79.9. The zero-order valence-corrected chi connectivity index (χ0v) is 12.7. The molecule has 3 rings (SSSR count). The number of benzene rings is 1. The predicted octanol–water partition coefficient (Wildman–Crippen LogP) is 4.03. The van der Waals surface area contributed by atoms with Crippen LogP contribution in [0.15, 0.2) is 53.1 Å². The monoisotopic (exact) mass is 332 g/mol. The van der Waals surface area contributed by atoms with E-state index in [2.05, 4.69) is 50.5 Å². The van der Waals surface area contributed by atoms with E-state index in [1.54, 1.807) is 0 Å². The first-order valence-corrected chi connectivity index (χ1v) is 7.64. The summed E-state index contributed by atoms with van der Waals surface area (Å²) in [6.45, 7) is 1.72. The summed E-state index contributed by atoms with van der Waals surface area (Å²) in [6, 6.07) is 14.4. The van der Waals surface area contributed by atoms with Gasteiger partial charge in [-0.25, -0.2) is 4.98 Å². The van der Waals surface area contributed by atoms with Crippen LogP contribution < -0.4 is 5.32 Å². The Balaban J connectivity index is 1.63. The number of nitrogens with one attached hydrogen (secondary N) is 1. The largest absolute Gasteiger partial charge is 0.373 e. The predicted molar refractivity (Wildman–Crippen MR) is 83.7 cm³/mol. The number of nitrogens with zero attached hydrogens (tertiary/aromatic N) is 1. The molecule has 20 heavy (non-hydrogen) atoms. The molecule has 2 unspecified atom stereocenters. The molecule has 0 spiro atoms. The molecule has 1 saturated heterocycles. The van der Waals surface area contributed by atoms with E-state index >= 15 is 0 Å². The standard InChI is InChI=1S/C16H17BrN2O/c17-14-6-7-15(19-11-14)18-10-13-8-9-20-16(13)12-4-2-1-3-5-12/h1-7,11,13,16H,8-10H2,(H,18,19). The summed E-state index contributed by atoms with van der Waals surface area (Å²) in [7, 11) is 0.